The summed E-state index contributed by atoms with van der Waals surface area (Å²) in [5, 5.41) is 18.2. The fourth-order valence-corrected chi connectivity index (χ4v) is 20.4. The van der Waals surface area contributed by atoms with Gasteiger partial charge in [0.25, 0.3) is 0 Å². The molecule has 26 aromatic rings. The molecule has 0 bridgehead atoms. The van der Waals surface area contributed by atoms with E-state index in [2.05, 4.69) is 455 Å². The Morgan fingerprint density at radius 2 is 0.516 bits per heavy atom. The average molecular weight is 1600 g/mol. The van der Waals surface area contributed by atoms with Gasteiger partial charge in [0.2, 0.25) is 11.9 Å². The van der Waals surface area contributed by atoms with Gasteiger partial charge in [-0.2, -0.15) is 0 Å². The zero-order valence-corrected chi connectivity index (χ0v) is 68.1. The van der Waals surface area contributed by atoms with Crippen LogP contribution in [0.15, 0.2) is 437 Å². The van der Waals surface area contributed by atoms with Gasteiger partial charge in [-0.15, -0.1) is 0 Å². The predicted octanol–water partition coefficient (Wildman–Crippen LogP) is 30.8. The Morgan fingerprint density at radius 1 is 0.167 bits per heavy atom. The van der Waals surface area contributed by atoms with Crippen molar-refractivity contribution in [3.8, 4) is 113 Å². The van der Waals surface area contributed by atoms with Crippen molar-refractivity contribution >= 4 is 141 Å². The molecule has 0 unspecified atom stereocenters. The van der Waals surface area contributed by atoms with Gasteiger partial charge in [-0.05, 0) is 185 Å². The van der Waals surface area contributed by atoms with Crippen LogP contribution in [0, 0.1) is 0 Å². The molecule has 0 saturated heterocycles. The lowest BCUT2D eigenvalue weighted by Gasteiger charge is -2.16. The molecule has 0 aliphatic rings. The number of rotatable bonds is 12. The van der Waals surface area contributed by atoms with E-state index in [1.807, 2.05) is 0 Å². The lowest BCUT2D eigenvalue weighted by atomic mass is 9.92. The Hall–Kier alpha value is -16.9. The van der Waals surface area contributed by atoms with Gasteiger partial charge in [0, 0.05) is 87.5 Å². The van der Waals surface area contributed by atoms with Gasteiger partial charge in [0.05, 0.1) is 66.6 Å². The van der Waals surface area contributed by atoms with Crippen molar-refractivity contribution in [3.05, 3.63) is 437 Å². The van der Waals surface area contributed by atoms with E-state index in [1.165, 1.54) is 38.1 Å². The third-order valence-corrected chi connectivity index (χ3v) is 26.2. The second-order valence-electron chi connectivity index (χ2n) is 33.1. The molecule has 0 fully saturated rings. The average Bonchev–Trinajstić information content (AvgIpc) is 1.55. The third kappa shape index (κ3) is 11.2. The fourth-order valence-electron chi connectivity index (χ4n) is 20.4. The minimum Gasteiger partial charge on any atom is -0.309 e. The van der Waals surface area contributed by atoms with E-state index in [0.717, 1.165) is 204 Å². The molecule has 0 spiro atoms. The van der Waals surface area contributed by atoms with Crippen LogP contribution in [0.3, 0.4) is 0 Å². The first-order valence-electron chi connectivity index (χ1n) is 43.1. The van der Waals surface area contributed by atoms with Crippen molar-refractivity contribution in [2.24, 2.45) is 0 Å². The molecule has 8 nitrogen and oxygen atoms in total. The van der Waals surface area contributed by atoms with Crippen molar-refractivity contribution in [1.29, 1.82) is 0 Å². The Labute approximate surface area is 724 Å². The van der Waals surface area contributed by atoms with Crippen LogP contribution in [0.5, 0.6) is 0 Å². The van der Waals surface area contributed by atoms with Crippen LogP contribution in [0.1, 0.15) is 0 Å². The molecule has 0 N–H and O–H groups in total. The number of benzene rings is 20. The molecule has 8 heteroatoms. The summed E-state index contributed by atoms with van der Waals surface area (Å²) in [6.07, 6.45) is 0. The summed E-state index contributed by atoms with van der Waals surface area (Å²) < 4.78 is 9.54. The maximum atomic E-state index is 5.80. The van der Waals surface area contributed by atoms with Gasteiger partial charge in [0.15, 0.2) is 0 Å². The van der Waals surface area contributed by atoms with E-state index in [4.69, 9.17) is 19.9 Å². The van der Waals surface area contributed by atoms with Gasteiger partial charge in [-0.1, -0.05) is 340 Å². The van der Waals surface area contributed by atoms with E-state index < -0.39 is 0 Å². The van der Waals surface area contributed by atoms with Crippen molar-refractivity contribution in [1.82, 2.24) is 38.2 Å². The third-order valence-electron chi connectivity index (χ3n) is 26.2. The van der Waals surface area contributed by atoms with E-state index in [0.29, 0.717) is 11.9 Å². The minimum atomic E-state index is 0.593. The summed E-state index contributed by atoms with van der Waals surface area (Å²) in [5.41, 5.74) is 29.9. The topological polar surface area (TPSA) is 71.3 Å². The molecule has 0 radical (unpaired) electrons. The molecule has 0 aliphatic carbocycles. The van der Waals surface area contributed by atoms with Crippen LogP contribution in [0.2, 0.25) is 0 Å². The zero-order valence-electron chi connectivity index (χ0n) is 68.1. The highest BCUT2D eigenvalue weighted by molar-refractivity contribution is 6.26. The Kier molecular flexibility index (Phi) is 15.9. The summed E-state index contributed by atoms with van der Waals surface area (Å²) in [6, 6.07) is 159. The maximum absolute atomic E-state index is 5.80. The Balaban J connectivity index is 0.604. The van der Waals surface area contributed by atoms with E-state index in [-0.39, 0.29) is 0 Å². The van der Waals surface area contributed by atoms with Gasteiger partial charge < -0.3 is 9.13 Å². The zero-order chi connectivity index (χ0) is 82.6. The minimum absolute atomic E-state index is 0.593. The normalized spacial score (nSPS) is 12.0. The van der Waals surface area contributed by atoms with Gasteiger partial charge >= 0.3 is 0 Å². The lowest BCUT2D eigenvalue weighted by Crippen LogP contribution is -2.04. The van der Waals surface area contributed by atoms with Crippen LogP contribution in [0.25, 0.3) is 254 Å². The highest BCUT2D eigenvalue weighted by Crippen LogP contribution is 2.50. The highest BCUT2D eigenvalue weighted by Gasteiger charge is 2.29. The second kappa shape index (κ2) is 28.3. The molecule has 0 amide bonds. The monoisotopic (exact) mass is 1600 g/mol. The fraction of sp³-hybridized carbons (Fsp3) is 0. The number of para-hydroxylation sites is 5. The molecular weight excluding hydrogens is 1530 g/mol. The molecule has 20 aromatic carbocycles. The predicted molar refractivity (Wildman–Crippen MR) is 526 cm³/mol. The quantitative estimate of drug-likeness (QED) is 0.122. The van der Waals surface area contributed by atoms with E-state index >= 15 is 0 Å². The molecule has 26 rings (SSSR count). The first kappa shape index (κ1) is 70.9. The number of hydrogen-bond donors (Lipinski definition) is 0. The van der Waals surface area contributed by atoms with Crippen LogP contribution in [0.4, 0.5) is 0 Å². The van der Waals surface area contributed by atoms with Gasteiger partial charge in [0.1, 0.15) is 0 Å². The first-order chi connectivity index (χ1) is 62.5. The molecule has 0 aliphatic heterocycles. The van der Waals surface area contributed by atoms with Crippen molar-refractivity contribution in [2.45, 2.75) is 0 Å². The Bertz CT molecular complexity index is 8990. The van der Waals surface area contributed by atoms with Gasteiger partial charge in [-0.25, -0.2) is 19.9 Å². The number of hydrogen-bond acceptors (Lipinski definition) is 4. The molecule has 584 valence electrons. The first-order valence-corrected chi connectivity index (χ1v) is 43.1. The van der Waals surface area contributed by atoms with Crippen molar-refractivity contribution < 1.29 is 0 Å². The van der Waals surface area contributed by atoms with Crippen LogP contribution in [-0.2, 0) is 0 Å². The number of nitrogens with zero attached hydrogens (tertiary/aromatic N) is 8. The molecule has 0 atom stereocenters. The van der Waals surface area contributed by atoms with Gasteiger partial charge in [-0.3, -0.25) is 9.13 Å². The number of aromatic nitrogens is 8. The van der Waals surface area contributed by atoms with E-state index in [1.54, 1.807) is 0 Å². The molecule has 126 heavy (non-hydrogen) atoms. The molecule has 6 aromatic heterocycles. The number of fused-ring (bicyclic) bond motifs is 17. The molecule has 6 heterocycles. The van der Waals surface area contributed by atoms with Crippen molar-refractivity contribution in [3.63, 3.8) is 0 Å². The molecule has 0 saturated carbocycles. The summed E-state index contributed by atoms with van der Waals surface area (Å²) in [4.78, 5) is 22.6. The van der Waals surface area contributed by atoms with Crippen molar-refractivity contribution in [2.75, 3.05) is 0 Å². The summed E-state index contributed by atoms with van der Waals surface area (Å²) >= 11 is 0. The highest BCUT2D eigenvalue weighted by atomic mass is 15.2. The smallest absolute Gasteiger partial charge is 0.235 e. The summed E-state index contributed by atoms with van der Waals surface area (Å²) in [6.45, 7) is 0. The SMILES string of the molecule is c1ccc(-c2ccc(-c3nc(-n4c5ccccc5c5cc6ccccc6c(-c6ccc7c(c6)c6ccccc6n7-c6ccc(-c7ccc(-c8cccc9c8c8cc%10ccccc%10c(-c%10ccc%11c(c%10)c%10ccccc%10n%11-c%10ccc%11ccccc%11c%10)c8n9-c8nc(-c9ccc(-c%10ccccc%10)cc9)c9ccccc9n8)cc7)cc6)c54)nc4ccccc34)cc2)cc1. The maximum Gasteiger partial charge on any atom is 0.235 e. The lowest BCUT2D eigenvalue weighted by molar-refractivity contribution is 1.01. The van der Waals surface area contributed by atoms with E-state index in [9.17, 15) is 0 Å². The standard InChI is InChI=1S/C118H72N8/c1-3-24-73(25-4-1)76-48-54-81(55-49-76)113-96-37-13-18-40-102(96)119-117(121-113)125-106-44-22-17-36-95(106)100-69-84-30-9-11-32-91(84)110(115(100)125)86-61-66-107-98(71-86)93-34-15-20-42-104(93)123(107)88-63-58-79(59-64-88)78-46-52-80(53-47-78)90-39-23-45-109-112(90)101-70-85-31-10-12-33-92(85)111(87-62-67-108-99(72-87)94-35-16-21-43-105(94)124(108)89-65-60-75-28-7-8-29-83(75)68-89)116(101)126(109)118-120-103-41-19-14-38-97(103)114(122-118)82-56-50-77(51-57-82)74-26-5-2-6-27-74/h1-72H. The van der Waals surface area contributed by atoms with Crippen LogP contribution < -0.4 is 0 Å². The largest absolute Gasteiger partial charge is 0.309 e. The molecular formula is C118H72N8. The van der Waals surface area contributed by atoms with Crippen LogP contribution >= 0.6 is 0 Å². The second-order valence-corrected chi connectivity index (χ2v) is 33.1. The van der Waals surface area contributed by atoms with Crippen LogP contribution in [-0.4, -0.2) is 38.2 Å². The summed E-state index contributed by atoms with van der Waals surface area (Å²) in [7, 11) is 0. The summed E-state index contributed by atoms with van der Waals surface area (Å²) in [5.74, 6) is 1.21. The Morgan fingerprint density at radius 3 is 1.04 bits per heavy atom.